The molecule has 3 rings (SSSR count). The molecule has 6 nitrogen and oxygen atoms in total. The minimum absolute atomic E-state index is 0.162. The molecule has 156 valence electrons. The van der Waals surface area contributed by atoms with Crippen molar-refractivity contribution < 1.29 is 18.7 Å². The van der Waals surface area contributed by atoms with E-state index in [1.807, 2.05) is 6.07 Å². The molecule has 3 aromatic rings. The van der Waals surface area contributed by atoms with Gasteiger partial charge in [0, 0.05) is 11.6 Å². The predicted octanol–water partition coefficient (Wildman–Crippen LogP) is 6.24. The lowest BCUT2D eigenvalue weighted by molar-refractivity contribution is -0.112. The molecule has 1 aromatic heterocycles. The lowest BCUT2D eigenvalue weighted by atomic mass is 10.1. The van der Waals surface area contributed by atoms with E-state index >= 15 is 0 Å². The van der Waals surface area contributed by atoms with Crippen LogP contribution in [0.2, 0.25) is 15.1 Å². The number of carbonyl (C=O) groups is 2. The fourth-order valence-corrected chi connectivity index (χ4v) is 3.17. The number of amides is 1. The third-order valence-electron chi connectivity index (χ3n) is 4.13. The predicted molar refractivity (Wildman–Crippen MR) is 119 cm³/mol. The standard InChI is InChI=1S/C22H13Cl3N2O4/c1-30-22(29)12-5-7-16(23)15(10-12)19-8-6-14(31-19)9-13(11-26)21(28)27-18-4-2-3-17(24)20(18)25/h2-10H,1H3,(H,27,28)/b13-9-. The van der Waals surface area contributed by atoms with Gasteiger partial charge in [-0.15, -0.1) is 0 Å². The van der Waals surface area contributed by atoms with Crippen LogP contribution in [0.15, 0.2) is 58.5 Å². The third-order valence-corrected chi connectivity index (χ3v) is 5.28. The Labute approximate surface area is 192 Å². The number of halogens is 3. The molecule has 9 heteroatoms. The molecule has 0 saturated carbocycles. The highest BCUT2D eigenvalue weighted by Gasteiger charge is 2.16. The van der Waals surface area contributed by atoms with E-state index in [2.05, 4.69) is 5.32 Å². The van der Waals surface area contributed by atoms with Crippen molar-refractivity contribution >= 4 is 58.4 Å². The van der Waals surface area contributed by atoms with Gasteiger partial charge in [-0.3, -0.25) is 4.79 Å². The van der Waals surface area contributed by atoms with Gasteiger partial charge in [0.2, 0.25) is 0 Å². The molecule has 0 bridgehead atoms. The molecule has 2 aromatic carbocycles. The zero-order chi connectivity index (χ0) is 22.5. The van der Waals surface area contributed by atoms with Gasteiger partial charge in [0.05, 0.1) is 33.4 Å². The molecule has 0 radical (unpaired) electrons. The van der Waals surface area contributed by atoms with Crippen LogP contribution in [0, 0.1) is 11.3 Å². The number of anilines is 1. The molecular weight excluding hydrogens is 463 g/mol. The van der Waals surface area contributed by atoms with Crippen LogP contribution in [0.4, 0.5) is 5.69 Å². The van der Waals surface area contributed by atoms with E-state index in [1.54, 1.807) is 36.4 Å². The van der Waals surface area contributed by atoms with Gasteiger partial charge in [-0.05, 0) is 42.5 Å². The topological polar surface area (TPSA) is 92.3 Å². The van der Waals surface area contributed by atoms with Crippen molar-refractivity contribution in [2.75, 3.05) is 12.4 Å². The van der Waals surface area contributed by atoms with Crippen LogP contribution in [0.1, 0.15) is 16.1 Å². The Morgan fingerprint density at radius 3 is 2.58 bits per heavy atom. The number of benzene rings is 2. The summed E-state index contributed by atoms with van der Waals surface area (Å²) in [5.41, 5.74) is 0.807. The number of rotatable bonds is 5. The summed E-state index contributed by atoms with van der Waals surface area (Å²) in [5.74, 6) is -0.626. The molecule has 31 heavy (non-hydrogen) atoms. The van der Waals surface area contributed by atoms with Crippen LogP contribution in [0.5, 0.6) is 0 Å². The highest BCUT2D eigenvalue weighted by atomic mass is 35.5. The molecule has 0 aliphatic carbocycles. The number of nitrogens with one attached hydrogen (secondary N) is 1. The zero-order valence-electron chi connectivity index (χ0n) is 15.9. The fourth-order valence-electron chi connectivity index (χ4n) is 2.61. The van der Waals surface area contributed by atoms with Crippen molar-refractivity contribution in [3.8, 4) is 17.4 Å². The number of ether oxygens (including phenoxy) is 1. The summed E-state index contributed by atoms with van der Waals surface area (Å²) in [5, 5.41) is 12.7. The summed E-state index contributed by atoms with van der Waals surface area (Å²) in [6, 6.07) is 14.3. The lowest BCUT2D eigenvalue weighted by Gasteiger charge is -2.07. The quantitative estimate of drug-likeness (QED) is 0.268. The summed E-state index contributed by atoms with van der Waals surface area (Å²) in [6.07, 6.45) is 1.27. The van der Waals surface area contributed by atoms with E-state index in [1.165, 1.54) is 25.3 Å². The molecule has 0 atom stereocenters. The molecule has 0 fully saturated rings. The number of nitriles is 1. The smallest absolute Gasteiger partial charge is 0.337 e. The van der Waals surface area contributed by atoms with E-state index in [-0.39, 0.29) is 27.1 Å². The van der Waals surface area contributed by atoms with Gasteiger partial charge in [-0.1, -0.05) is 40.9 Å². The Balaban J connectivity index is 1.87. The monoisotopic (exact) mass is 474 g/mol. The van der Waals surface area contributed by atoms with Gasteiger partial charge in [-0.2, -0.15) is 5.26 Å². The molecule has 0 unspecified atom stereocenters. The van der Waals surface area contributed by atoms with E-state index in [0.29, 0.717) is 21.9 Å². The Morgan fingerprint density at radius 1 is 1.10 bits per heavy atom. The van der Waals surface area contributed by atoms with Crippen LogP contribution in [0.3, 0.4) is 0 Å². The minimum Gasteiger partial charge on any atom is -0.465 e. The molecule has 0 spiro atoms. The highest BCUT2D eigenvalue weighted by molar-refractivity contribution is 6.44. The number of hydrogen-bond donors (Lipinski definition) is 1. The molecule has 0 aliphatic rings. The molecule has 1 heterocycles. The summed E-state index contributed by atoms with van der Waals surface area (Å²) < 4.78 is 10.4. The molecule has 0 aliphatic heterocycles. The van der Waals surface area contributed by atoms with Crippen molar-refractivity contribution in [3.63, 3.8) is 0 Å². The summed E-state index contributed by atoms with van der Waals surface area (Å²) in [4.78, 5) is 24.2. The maximum Gasteiger partial charge on any atom is 0.337 e. The highest BCUT2D eigenvalue weighted by Crippen LogP contribution is 2.32. The number of methoxy groups -OCH3 is 1. The molecule has 1 amide bonds. The van der Waals surface area contributed by atoms with Crippen molar-refractivity contribution in [1.82, 2.24) is 0 Å². The van der Waals surface area contributed by atoms with Crippen LogP contribution in [-0.4, -0.2) is 19.0 Å². The largest absolute Gasteiger partial charge is 0.465 e. The number of esters is 1. The van der Waals surface area contributed by atoms with Crippen molar-refractivity contribution in [1.29, 1.82) is 5.26 Å². The van der Waals surface area contributed by atoms with Crippen molar-refractivity contribution in [3.05, 3.63) is 80.5 Å². The van der Waals surface area contributed by atoms with Crippen LogP contribution in [0.25, 0.3) is 17.4 Å². The first-order valence-corrected chi connectivity index (χ1v) is 9.82. The molecule has 1 N–H and O–H groups in total. The van der Waals surface area contributed by atoms with Crippen LogP contribution >= 0.6 is 34.8 Å². The van der Waals surface area contributed by atoms with Crippen LogP contribution in [-0.2, 0) is 9.53 Å². The maximum atomic E-state index is 12.5. The molecule has 0 saturated heterocycles. The average Bonchev–Trinajstić information content (AvgIpc) is 3.23. The van der Waals surface area contributed by atoms with Gasteiger partial charge in [0.25, 0.3) is 5.91 Å². The second kappa shape index (κ2) is 9.71. The first kappa shape index (κ1) is 22.4. The number of carbonyl (C=O) groups excluding carboxylic acids is 2. The SMILES string of the molecule is COC(=O)c1ccc(Cl)c(-c2ccc(/C=C(/C#N)C(=O)Nc3cccc(Cl)c3Cl)o2)c1. The van der Waals surface area contributed by atoms with E-state index in [0.717, 1.165) is 0 Å². The Kier molecular flexibility index (Phi) is 7.03. The van der Waals surface area contributed by atoms with Crippen molar-refractivity contribution in [2.45, 2.75) is 0 Å². The van der Waals surface area contributed by atoms with Gasteiger partial charge < -0.3 is 14.5 Å². The van der Waals surface area contributed by atoms with Gasteiger partial charge in [0.1, 0.15) is 23.2 Å². The fraction of sp³-hybridized carbons (Fsp3) is 0.0455. The molecular formula is C22H13Cl3N2O4. The second-order valence-electron chi connectivity index (χ2n) is 6.11. The van der Waals surface area contributed by atoms with Crippen molar-refractivity contribution in [2.24, 2.45) is 0 Å². The van der Waals surface area contributed by atoms with Gasteiger partial charge in [-0.25, -0.2) is 4.79 Å². The van der Waals surface area contributed by atoms with E-state index in [9.17, 15) is 14.9 Å². The Hall–Kier alpha value is -3.24. The van der Waals surface area contributed by atoms with Gasteiger partial charge in [0.15, 0.2) is 0 Å². The zero-order valence-corrected chi connectivity index (χ0v) is 18.2. The van der Waals surface area contributed by atoms with Crippen LogP contribution < -0.4 is 5.32 Å². The Bertz CT molecular complexity index is 1240. The number of nitrogens with zero attached hydrogens (tertiary/aromatic N) is 1. The first-order chi connectivity index (χ1) is 14.8. The maximum absolute atomic E-state index is 12.5. The summed E-state index contributed by atoms with van der Waals surface area (Å²) in [7, 11) is 1.28. The number of furan rings is 1. The lowest BCUT2D eigenvalue weighted by Crippen LogP contribution is -2.13. The second-order valence-corrected chi connectivity index (χ2v) is 7.31. The summed E-state index contributed by atoms with van der Waals surface area (Å²) in [6.45, 7) is 0. The number of hydrogen-bond acceptors (Lipinski definition) is 5. The van der Waals surface area contributed by atoms with Gasteiger partial charge >= 0.3 is 5.97 Å². The normalized spacial score (nSPS) is 11.0. The first-order valence-electron chi connectivity index (χ1n) is 8.69. The average molecular weight is 476 g/mol. The van der Waals surface area contributed by atoms with E-state index < -0.39 is 11.9 Å². The Morgan fingerprint density at radius 2 is 1.87 bits per heavy atom. The third kappa shape index (κ3) is 5.09. The minimum atomic E-state index is -0.685. The van der Waals surface area contributed by atoms with E-state index in [4.69, 9.17) is 44.0 Å². The summed E-state index contributed by atoms with van der Waals surface area (Å²) >= 11 is 18.2.